The minimum atomic E-state index is -0.310. The van der Waals surface area contributed by atoms with Crippen LogP contribution in [-0.4, -0.2) is 52.6 Å². The van der Waals surface area contributed by atoms with Crippen molar-refractivity contribution in [1.29, 1.82) is 0 Å². The fourth-order valence-corrected chi connectivity index (χ4v) is 4.41. The molecule has 0 bridgehead atoms. The second kappa shape index (κ2) is 10.6. The van der Waals surface area contributed by atoms with E-state index < -0.39 is 0 Å². The molecule has 172 valence electrons. The molecule has 6 nitrogen and oxygen atoms in total. The molecular formula is C27H32N4O2. The highest BCUT2D eigenvalue weighted by molar-refractivity contribution is 5.95. The molecular weight excluding hydrogens is 412 g/mol. The molecule has 1 saturated heterocycles. The van der Waals surface area contributed by atoms with Crippen LogP contribution in [0.4, 0.5) is 5.82 Å². The zero-order chi connectivity index (χ0) is 23.2. The molecule has 1 aliphatic heterocycles. The highest BCUT2D eigenvalue weighted by Gasteiger charge is 2.30. The number of rotatable bonds is 8. The number of ether oxygens (including phenoxy) is 1. The molecule has 4 rings (SSSR count). The first-order valence-corrected chi connectivity index (χ1v) is 11.7. The smallest absolute Gasteiger partial charge is 0.342 e. The molecule has 33 heavy (non-hydrogen) atoms. The number of nitrogens with zero attached hydrogens (tertiary/aromatic N) is 4. The Morgan fingerprint density at radius 3 is 2.73 bits per heavy atom. The van der Waals surface area contributed by atoms with E-state index in [0.717, 1.165) is 49.7 Å². The lowest BCUT2D eigenvalue weighted by Crippen LogP contribution is -2.37. The minimum absolute atomic E-state index is 0.158. The summed E-state index contributed by atoms with van der Waals surface area (Å²) < 4.78 is 5.44. The number of hydrogen-bond acceptors (Lipinski definition) is 6. The van der Waals surface area contributed by atoms with Crippen LogP contribution in [0.3, 0.4) is 0 Å². The molecule has 1 atom stereocenters. The number of hydrogen-bond donors (Lipinski definition) is 0. The second-order valence-electron chi connectivity index (χ2n) is 8.70. The standard InChI is InChI=1S/C27H32N4O2/c1-4-30(18-21-9-7-10-22(17-21)25-12-5-6-14-28-25)23-13-16-31(19-23)26-24(11-8-15-29-26)27(32)33-20(2)3/h5-12,14-15,17,20,23H,4,13,16,18-19H2,1-3H3. The van der Waals surface area contributed by atoms with E-state index in [1.165, 1.54) is 5.56 Å². The largest absolute Gasteiger partial charge is 0.459 e. The van der Waals surface area contributed by atoms with E-state index in [1.54, 1.807) is 18.3 Å². The fraction of sp³-hybridized carbons (Fsp3) is 0.370. The number of likely N-dealkylation sites (N-methyl/N-ethyl adjacent to an activating group) is 1. The molecule has 6 heteroatoms. The van der Waals surface area contributed by atoms with Crippen molar-refractivity contribution in [3.63, 3.8) is 0 Å². The number of aromatic nitrogens is 2. The van der Waals surface area contributed by atoms with Gasteiger partial charge in [-0.25, -0.2) is 9.78 Å². The van der Waals surface area contributed by atoms with Gasteiger partial charge in [-0.1, -0.05) is 31.2 Å². The van der Waals surface area contributed by atoms with Crippen molar-refractivity contribution < 1.29 is 9.53 Å². The van der Waals surface area contributed by atoms with E-state index >= 15 is 0 Å². The van der Waals surface area contributed by atoms with Crippen LogP contribution in [0.15, 0.2) is 67.0 Å². The molecule has 0 amide bonds. The third-order valence-electron chi connectivity index (χ3n) is 6.01. The van der Waals surface area contributed by atoms with Gasteiger partial charge in [-0.05, 0) is 62.7 Å². The summed E-state index contributed by atoms with van der Waals surface area (Å²) in [5.41, 5.74) is 3.94. The van der Waals surface area contributed by atoms with Crippen molar-refractivity contribution in [2.75, 3.05) is 24.5 Å². The maximum Gasteiger partial charge on any atom is 0.342 e. The molecule has 0 spiro atoms. The summed E-state index contributed by atoms with van der Waals surface area (Å²) in [4.78, 5) is 26.3. The van der Waals surface area contributed by atoms with Crippen molar-refractivity contribution in [1.82, 2.24) is 14.9 Å². The molecule has 0 saturated carbocycles. The highest BCUT2D eigenvalue weighted by atomic mass is 16.5. The second-order valence-corrected chi connectivity index (χ2v) is 8.70. The number of carbonyl (C=O) groups excluding carboxylic acids is 1. The zero-order valence-corrected chi connectivity index (χ0v) is 19.6. The first kappa shape index (κ1) is 22.9. The van der Waals surface area contributed by atoms with Gasteiger partial charge < -0.3 is 9.64 Å². The van der Waals surface area contributed by atoms with Gasteiger partial charge in [-0.15, -0.1) is 0 Å². The molecule has 3 aromatic rings. The minimum Gasteiger partial charge on any atom is -0.459 e. The number of esters is 1. The third-order valence-corrected chi connectivity index (χ3v) is 6.01. The number of benzene rings is 1. The molecule has 0 radical (unpaired) electrons. The van der Waals surface area contributed by atoms with E-state index in [-0.39, 0.29) is 12.1 Å². The summed E-state index contributed by atoms with van der Waals surface area (Å²) in [6.07, 6.45) is 4.45. The van der Waals surface area contributed by atoms with Crippen LogP contribution in [0.1, 0.15) is 43.1 Å². The summed E-state index contributed by atoms with van der Waals surface area (Å²) in [6, 6.07) is 18.6. The van der Waals surface area contributed by atoms with Crippen molar-refractivity contribution in [2.45, 2.75) is 45.9 Å². The Bertz CT molecular complexity index is 1070. The molecule has 2 aromatic heterocycles. The maximum atomic E-state index is 12.6. The Morgan fingerprint density at radius 1 is 1.12 bits per heavy atom. The van der Waals surface area contributed by atoms with E-state index in [2.05, 4.69) is 51.0 Å². The fourth-order valence-electron chi connectivity index (χ4n) is 4.41. The first-order chi connectivity index (χ1) is 16.0. The van der Waals surface area contributed by atoms with Crippen molar-refractivity contribution >= 4 is 11.8 Å². The van der Waals surface area contributed by atoms with Crippen molar-refractivity contribution in [3.05, 3.63) is 78.1 Å². The normalized spacial score (nSPS) is 15.9. The predicted molar refractivity (Wildman–Crippen MR) is 131 cm³/mol. The molecule has 3 heterocycles. The Kier molecular flexibility index (Phi) is 7.35. The number of carbonyl (C=O) groups is 1. The van der Waals surface area contributed by atoms with Crippen LogP contribution in [-0.2, 0) is 11.3 Å². The maximum absolute atomic E-state index is 12.6. The quantitative estimate of drug-likeness (QED) is 0.465. The van der Waals surface area contributed by atoms with Crippen molar-refractivity contribution in [2.24, 2.45) is 0 Å². The van der Waals surface area contributed by atoms with Crippen LogP contribution >= 0.6 is 0 Å². The Balaban J connectivity index is 1.46. The van der Waals surface area contributed by atoms with Crippen LogP contribution in [0.2, 0.25) is 0 Å². The number of pyridine rings is 2. The molecule has 1 aliphatic rings. The van der Waals surface area contributed by atoms with Gasteiger partial charge >= 0.3 is 5.97 Å². The Hall–Kier alpha value is -3.25. The van der Waals surface area contributed by atoms with Gasteiger partial charge in [0.2, 0.25) is 0 Å². The van der Waals surface area contributed by atoms with Gasteiger partial charge in [0, 0.05) is 43.6 Å². The molecule has 1 fully saturated rings. The Morgan fingerprint density at radius 2 is 1.97 bits per heavy atom. The third kappa shape index (κ3) is 5.57. The first-order valence-electron chi connectivity index (χ1n) is 11.7. The average Bonchev–Trinajstić information content (AvgIpc) is 3.33. The molecule has 0 aliphatic carbocycles. The highest BCUT2D eigenvalue weighted by Crippen LogP contribution is 2.27. The van der Waals surface area contributed by atoms with Gasteiger partial charge in [0.15, 0.2) is 0 Å². The van der Waals surface area contributed by atoms with Crippen LogP contribution < -0.4 is 4.90 Å². The predicted octanol–water partition coefficient (Wildman–Crippen LogP) is 4.81. The summed E-state index contributed by atoms with van der Waals surface area (Å²) in [6.45, 7) is 9.47. The Labute approximate surface area is 196 Å². The van der Waals surface area contributed by atoms with Crippen LogP contribution in [0.25, 0.3) is 11.3 Å². The van der Waals surface area contributed by atoms with Gasteiger partial charge in [0.05, 0.1) is 11.8 Å². The van der Waals surface area contributed by atoms with E-state index in [9.17, 15) is 4.79 Å². The van der Waals surface area contributed by atoms with E-state index in [4.69, 9.17) is 4.74 Å². The lowest BCUT2D eigenvalue weighted by atomic mass is 10.1. The monoisotopic (exact) mass is 444 g/mol. The molecule has 1 unspecified atom stereocenters. The van der Waals surface area contributed by atoms with Gasteiger partial charge in [0.1, 0.15) is 11.4 Å². The SMILES string of the molecule is CCN(Cc1cccc(-c2ccccn2)c1)C1CCN(c2ncccc2C(=O)OC(C)C)C1. The average molecular weight is 445 g/mol. The van der Waals surface area contributed by atoms with Gasteiger partial charge in [-0.3, -0.25) is 9.88 Å². The van der Waals surface area contributed by atoms with Crippen LogP contribution in [0.5, 0.6) is 0 Å². The van der Waals surface area contributed by atoms with E-state index in [1.807, 2.05) is 38.2 Å². The summed E-state index contributed by atoms with van der Waals surface area (Å²) >= 11 is 0. The lowest BCUT2D eigenvalue weighted by Gasteiger charge is -2.28. The molecule has 1 aromatic carbocycles. The number of anilines is 1. The molecule has 0 N–H and O–H groups in total. The zero-order valence-electron chi connectivity index (χ0n) is 19.6. The van der Waals surface area contributed by atoms with E-state index in [0.29, 0.717) is 11.6 Å². The summed E-state index contributed by atoms with van der Waals surface area (Å²) in [5.74, 6) is 0.411. The van der Waals surface area contributed by atoms with Gasteiger partial charge in [0.25, 0.3) is 0 Å². The summed E-state index contributed by atoms with van der Waals surface area (Å²) in [7, 11) is 0. The topological polar surface area (TPSA) is 58.6 Å². The van der Waals surface area contributed by atoms with Crippen LogP contribution in [0, 0.1) is 0 Å². The summed E-state index contributed by atoms with van der Waals surface area (Å²) in [5, 5.41) is 0. The lowest BCUT2D eigenvalue weighted by molar-refractivity contribution is 0.0378. The van der Waals surface area contributed by atoms with Gasteiger partial charge in [-0.2, -0.15) is 0 Å². The van der Waals surface area contributed by atoms with Crippen molar-refractivity contribution in [3.8, 4) is 11.3 Å².